The highest BCUT2D eigenvalue weighted by Crippen LogP contribution is 2.19. The monoisotopic (exact) mass is 340 g/mol. The largest absolute Gasteiger partial charge is 0.356 e. The van der Waals surface area contributed by atoms with Crippen molar-refractivity contribution in [1.29, 1.82) is 0 Å². The average molecular weight is 340 g/mol. The normalized spacial score (nSPS) is 17.7. The van der Waals surface area contributed by atoms with Gasteiger partial charge in [-0.15, -0.1) is 0 Å². The number of benzene rings is 1. The number of carbonyl (C=O) groups excluding carboxylic acids is 1. The number of aromatic nitrogens is 2. The van der Waals surface area contributed by atoms with Crippen LogP contribution in [0.25, 0.3) is 0 Å². The fourth-order valence-corrected chi connectivity index (χ4v) is 3.43. The summed E-state index contributed by atoms with van der Waals surface area (Å²) < 4.78 is 1.87. The molecule has 1 fully saturated rings. The third-order valence-electron chi connectivity index (χ3n) is 4.96. The Morgan fingerprint density at radius 1 is 1.32 bits per heavy atom. The smallest absolute Gasteiger partial charge is 0.220 e. The van der Waals surface area contributed by atoms with Crippen LogP contribution >= 0.6 is 0 Å². The van der Waals surface area contributed by atoms with E-state index < -0.39 is 0 Å². The molecule has 0 aliphatic carbocycles. The molecule has 2 aromatic rings. The number of carbonyl (C=O) groups is 1. The van der Waals surface area contributed by atoms with Crippen LogP contribution in [0.3, 0.4) is 0 Å². The second kappa shape index (κ2) is 8.81. The highest BCUT2D eigenvalue weighted by molar-refractivity contribution is 5.75. The van der Waals surface area contributed by atoms with Gasteiger partial charge in [-0.25, -0.2) is 0 Å². The molecule has 25 heavy (non-hydrogen) atoms. The molecule has 0 bridgehead atoms. The average Bonchev–Trinajstić information content (AvgIpc) is 3.27. The Labute approximate surface area is 150 Å². The molecule has 1 atom stereocenters. The molecule has 0 unspecified atom stereocenters. The number of nitrogens with one attached hydrogen (secondary N) is 1. The molecule has 0 saturated carbocycles. The Hall–Kier alpha value is -2.14. The van der Waals surface area contributed by atoms with Crippen molar-refractivity contribution in [2.24, 2.45) is 5.92 Å². The molecule has 0 spiro atoms. The maximum absolute atomic E-state index is 12.0. The third-order valence-corrected chi connectivity index (χ3v) is 4.96. The number of hydrogen-bond acceptors (Lipinski definition) is 3. The Bertz CT molecular complexity index is 668. The molecule has 3 rings (SSSR count). The van der Waals surface area contributed by atoms with E-state index in [2.05, 4.69) is 46.5 Å². The van der Waals surface area contributed by atoms with E-state index in [4.69, 9.17) is 0 Å². The quantitative estimate of drug-likeness (QED) is 0.804. The van der Waals surface area contributed by atoms with Gasteiger partial charge in [0.15, 0.2) is 0 Å². The first kappa shape index (κ1) is 17.7. The molecule has 1 N–H and O–H groups in total. The fourth-order valence-electron chi connectivity index (χ4n) is 3.43. The Morgan fingerprint density at radius 2 is 2.20 bits per heavy atom. The molecule has 1 aliphatic rings. The van der Waals surface area contributed by atoms with E-state index in [0.29, 0.717) is 12.3 Å². The van der Waals surface area contributed by atoms with Crippen molar-refractivity contribution in [3.8, 4) is 0 Å². The SMILES string of the molecule is Cc1ccccc1CN1CC[C@@H](CNC(=O)CCCn2cccn2)C1. The van der Waals surface area contributed by atoms with Crippen LogP contribution in [0, 0.1) is 12.8 Å². The van der Waals surface area contributed by atoms with E-state index in [-0.39, 0.29) is 5.91 Å². The van der Waals surface area contributed by atoms with Gasteiger partial charge in [0.05, 0.1) is 0 Å². The lowest BCUT2D eigenvalue weighted by molar-refractivity contribution is -0.121. The minimum absolute atomic E-state index is 0.157. The predicted molar refractivity (Wildman–Crippen MR) is 99.0 cm³/mol. The molecule has 1 saturated heterocycles. The highest BCUT2D eigenvalue weighted by Gasteiger charge is 2.23. The van der Waals surface area contributed by atoms with Crippen LogP contribution in [0.4, 0.5) is 0 Å². The molecule has 5 heteroatoms. The second-order valence-corrected chi connectivity index (χ2v) is 6.99. The number of rotatable bonds is 8. The summed E-state index contributed by atoms with van der Waals surface area (Å²) in [5.74, 6) is 0.726. The lowest BCUT2D eigenvalue weighted by Crippen LogP contribution is -2.31. The molecule has 1 aromatic carbocycles. The minimum atomic E-state index is 0.157. The summed E-state index contributed by atoms with van der Waals surface area (Å²) in [6.45, 7) is 6.97. The van der Waals surface area contributed by atoms with E-state index in [9.17, 15) is 4.79 Å². The molecule has 1 aliphatic heterocycles. The Morgan fingerprint density at radius 3 is 3.00 bits per heavy atom. The summed E-state index contributed by atoms with van der Waals surface area (Å²) in [5, 5.41) is 7.26. The summed E-state index contributed by atoms with van der Waals surface area (Å²) in [7, 11) is 0. The zero-order valence-electron chi connectivity index (χ0n) is 15.0. The summed E-state index contributed by atoms with van der Waals surface area (Å²) >= 11 is 0. The van der Waals surface area contributed by atoms with Gasteiger partial charge in [0.25, 0.3) is 0 Å². The van der Waals surface area contributed by atoms with Gasteiger partial charge < -0.3 is 5.32 Å². The lowest BCUT2D eigenvalue weighted by Gasteiger charge is -2.17. The van der Waals surface area contributed by atoms with E-state index in [0.717, 1.165) is 39.1 Å². The number of nitrogens with zero attached hydrogens (tertiary/aromatic N) is 3. The third kappa shape index (κ3) is 5.43. The standard InChI is InChI=1S/C20H28N4O/c1-17-6-2-3-7-19(17)16-23-13-9-18(15-23)14-21-20(25)8-4-11-24-12-5-10-22-24/h2-3,5-7,10,12,18H,4,8-9,11,13-16H2,1H3,(H,21,25)/t18-/m0/s1. The number of aryl methyl sites for hydroxylation is 2. The number of hydrogen-bond donors (Lipinski definition) is 1. The predicted octanol–water partition coefficient (Wildman–Crippen LogP) is 2.61. The number of likely N-dealkylation sites (tertiary alicyclic amines) is 1. The Kier molecular flexibility index (Phi) is 6.23. The molecular formula is C20H28N4O. The van der Waals surface area contributed by atoms with Crippen molar-refractivity contribution in [3.63, 3.8) is 0 Å². The zero-order valence-corrected chi connectivity index (χ0v) is 15.0. The van der Waals surface area contributed by atoms with Crippen LogP contribution in [0.2, 0.25) is 0 Å². The summed E-state index contributed by atoms with van der Waals surface area (Å²) in [5.41, 5.74) is 2.77. The summed E-state index contributed by atoms with van der Waals surface area (Å²) in [4.78, 5) is 14.5. The number of amides is 1. The van der Waals surface area contributed by atoms with Crippen molar-refractivity contribution < 1.29 is 4.79 Å². The van der Waals surface area contributed by atoms with Crippen LogP contribution in [-0.4, -0.2) is 40.2 Å². The van der Waals surface area contributed by atoms with E-state index >= 15 is 0 Å². The van der Waals surface area contributed by atoms with Gasteiger partial charge in [-0.2, -0.15) is 5.10 Å². The van der Waals surface area contributed by atoms with Gasteiger partial charge in [0.2, 0.25) is 5.91 Å². The topological polar surface area (TPSA) is 50.2 Å². The molecule has 2 heterocycles. The van der Waals surface area contributed by atoms with Gasteiger partial charge in [-0.05, 0) is 49.4 Å². The molecular weight excluding hydrogens is 312 g/mol. The van der Waals surface area contributed by atoms with E-state index in [1.807, 2.05) is 16.9 Å². The van der Waals surface area contributed by atoms with Crippen LogP contribution in [0.15, 0.2) is 42.7 Å². The minimum Gasteiger partial charge on any atom is -0.356 e. The van der Waals surface area contributed by atoms with Gasteiger partial charge in [-0.3, -0.25) is 14.4 Å². The van der Waals surface area contributed by atoms with Crippen LogP contribution < -0.4 is 5.32 Å². The van der Waals surface area contributed by atoms with E-state index in [1.54, 1.807) is 6.20 Å². The summed E-state index contributed by atoms with van der Waals surface area (Å²) in [6.07, 6.45) is 6.26. The first-order chi connectivity index (χ1) is 12.2. The summed E-state index contributed by atoms with van der Waals surface area (Å²) in [6, 6.07) is 10.5. The van der Waals surface area contributed by atoms with Crippen LogP contribution in [0.1, 0.15) is 30.4 Å². The molecule has 1 amide bonds. The van der Waals surface area contributed by atoms with Crippen LogP contribution in [-0.2, 0) is 17.9 Å². The van der Waals surface area contributed by atoms with E-state index in [1.165, 1.54) is 17.5 Å². The van der Waals surface area contributed by atoms with Crippen molar-refractivity contribution in [1.82, 2.24) is 20.0 Å². The second-order valence-electron chi connectivity index (χ2n) is 6.99. The molecule has 5 nitrogen and oxygen atoms in total. The first-order valence-electron chi connectivity index (χ1n) is 9.21. The molecule has 1 aromatic heterocycles. The highest BCUT2D eigenvalue weighted by atomic mass is 16.1. The van der Waals surface area contributed by atoms with Crippen molar-refractivity contribution in [2.45, 2.75) is 39.3 Å². The van der Waals surface area contributed by atoms with Gasteiger partial charge in [0, 0.05) is 45.0 Å². The fraction of sp³-hybridized carbons (Fsp3) is 0.500. The van der Waals surface area contributed by atoms with Crippen molar-refractivity contribution in [3.05, 3.63) is 53.9 Å². The van der Waals surface area contributed by atoms with Gasteiger partial charge >= 0.3 is 0 Å². The van der Waals surface area contributed by atoms with Gasteiger partial charge in [-0.1, -0.05) is 24.3 Å². The lowest BCUT2D eigenvalue weighted by atomic mass is 10.1. The zero-order chi connectivity index (χ0) is 17.5. The maximum Gasteiger partial charge on any atom is 0.220 e. The Balaban J connectivity index is 1.33. The maximum atomic E-state index is 12.0. The molecule has 134 valence electrons. The van der Waals surface area contributed by atoms with Crippen molar-refractivity contribution >= 4 is 5.91 Å². The van der Waals surface area contributed by atoms with Gasteiger partial charge in [0.1, 0.15) is 0 Å². The van der Waals surface area contributed by atoms with Crippen LogP contribution in [0.5, 0.6) is 0 Å². The van der Waals surface area contributed by atoms with Crippen molar-refractivity contribution in [2.75, 3.05) is 19.6 Å². The molecule has 0 radical (unpaired) electrons. The first-order valence-corrected chi connectivity index (χ1v) is 9.21.